The minimum atomic E-state index is 0.358. The van der Waals surface area contributed by atoms with Crippen molar-refractivity contribution < 1.29 is 4.74 Å². The molecule has 1 unspecified atom stereocenters. The molecule has 0 aromatic carbocycles. The van der Waals surface area contributed by atoms with Gasteiger partial charge in [-0.2, -0.15) is 10.4 Å². The lowest BCUT2D eigenvalue weighted by Crippen LogP contribution is -2.12. The summed E-state index contributed by atoms with van der Waals surface area (Å²) in [5.74, 6) is 0. The number of hydrogen-bond acceptors (Lipinski definition) is 3. The molecule has 4 heteroatoms. The first kappa shape index (κ1) is 10.2. The van der Waals surface area contributed by atoms with Crippen LogP contribution in [0.3, 0.4) is 0 Å². The number of hydrogen-bond donors (Lipinski definition) is 0. The van der Waals surface area contributed by atoms with Crippen LogP contribution >= 0.6 is 0 Å². The Kier molecular flexibility index (Phi) is 2.74. The fourth-order valence-corrected chi connectivity index (χ4v) is 2.10. The summed E-state index contributed by atoms with van der Waals surface area (Å²) in [7, 11) is 0. The monoisotopic (exact) mass is 205 g/mol. The molecule has 1 saturated heterocycles. The Balaban J connectivity index is 2.33. The van der Waals surface area contributed by atoms with E-state index in [0.29, 0.717) is 12.5 Å². The van der Waals surface area contributed by atoms with Gasteiger partial charge < -0.3 is 4.74 Å². The van der Waals surface area contributed by atoms with Crippen molar-refractivity contribution in [3.05, 3.63) is 17.0 Å². The lowest BCUT2D eigenvalue weighted by Gasteiger charge is -2.10. The van der Waals surface area contributed by atoms with E-state index >= 15 is 0 Å². The third kappa shape index (κ3) is 1.75. The van der Waals surface area contributed by atoms with Crippen LogP contribution in [0.4, 0.5) is 0 Å². The molecule has 4 nitrogen and oxygen atoms in total. The van der Waals surface area contributed by atoms with Crippen molar-refractivity contribution in [1.82, 2.24) is 9.78 Å². The second-order valence-corrected chi connectivity index (χ2v) is 3.95. The zero-order chi connectivity index (χ0) is 10.8. The van der Waals surface area contributed by atoms with Gasteiger partial charge in [0.2, 0.25) is 0 Å². The molecular weight excluding hydrogens is 190 g/mol. The molecule has 15 heavy (non-hydrogen) atoms. The largest absolute Gasteiger partial charge is 0.379 e. The van der Waals surface area contributed by atoms with Gasteiger partial charge in [0.1, 0.15) is 0 Å². The summed E-state index contributed by atoms with van der Waals surface area (Å²) < 4.78 is 7.37. The number of nitrogens with zero attached hydrogens (tertiary/aromatic N) is 3. The maximum Gasteiger partial charge on any atom is 0.0777 e. The summed E-state index contributed by atoms with van der Waals surface area (Å²) >= 11 is 0. The fourth-order valence-electron chi connectivity index (χ4n) is 2.10. The number of aryl methyl sites for hydroxylation is 1. The summed E-state index contributed by atoms with van der Waals surface area (Å²) in [5.41, 5.74) is 3.16. The first-order valence-electron chi connectivity index (χ1n) is 5.23. The Labute approximate surface area is 89.5 Å². The smallest absolute Gasteiger partial charge is 0.0777 e. The van der Waals surface area contributed by atoms with Crippen LogP contribution in [0.25, 0.3) is 0 Å². The number of aromatic nitrogens is 2. The summed E-state index contributed by atoms with van der Waals surface area (Å²) in [6.45, 7) is 5.56. The van der Waals surface area contributed by atoms with E-state index in [4.69, 9.17) is 10.00 Å². The molecule has 1 aromatic heterocycles. The Morgan fingerprint density at radius 2 is 2.40 bits per heavy atom. The van der Waals surface area contributed by atoms with Crippen molar-refractivity contribution in [2.45, 2.75) is 32.7 Å². The highest BCUT2D eigenvalue weighted by atomic mass is 16.5. The molecule has 0 amide bonds. The molecular formula is C11H15N3O. The molecule has 1 atom stereocenters. The van der Waals surface area contributed by atoms with E-state index in [1.807, 2.05) is 18.5 Å². The van der Waals surface area contributed by atoms with E-state index < -0.39 is 0 Å². The Hall–Kier alpha value is -1.34. The normalized spacial score (nSPS) is 20.5. The summed E-state index contributed by atoms with van der Waals surface area (Å²) in [4.78, 5) is 0. The molecule has 80 valence electrons. The minimum absolute atomic E-state index is 0.358. The summed E-state index contributed by atoms with van der Waals surface area (Å²) in [5, 5.41) is 13.2. The predicted octanol–water partition coefficient (Wildman–Crippen LogP) is 1.53. The minimum Gasteiger partial charge on any atom is -0.379 e. The molecule has 0 spiro atoms. The molecule has 0 aliphatic carbocycles. The van der Waals surface area contributed by atoms with Crippen molar-refractivity contribution in [3.8, 4) is 6.07 Å². The molecule has 1 aliphatic heterocycles. The van der Waals surface area contributed by atoms with Gasteiger partial charge in [-0.05, 0) is 20.3 Å². The van der Waals surface area contributed by atoms with Gasteiger partial charge in [-0.1, -0.05) is 0 Å². The molecule has 1 aliphatic rings. The maximum atomic E-state index is 8.73. The van der Waals surface area contributed by atoms with E-state index in [0.717, 1.165) is 36.6 Å². The van der Waals surface area contributed by atoms with Crippen molar-refractivity contribution in [2.24, 2.45) is 0 Å². The lowest BCUT2D eigenvalue weighted by atomic mass is 10.1. The van der Waals surface area contributed by atoms with Gasteiger partial charge >= 0.3 is 0 Å². The van der Waals surface area contributed by atoms with Crippen molar-refractivity contribution in [3.63, 3.8) is 0 Å². The molecule has 2 rings (SSSR count). The zero-order valence-electron chi connectivity index (χ0n) is 9.16. The topological polar surface area (TPSA) is 50.8 Å². The zero-order valence-corrected chi connectivity index (χ0v) is 9.16. The van der Waals surface area contributed by atoms with Crippen LogP contribution in [0.1, 0.15) is 29.4 Å². The molecule has 0 bridgehead atoms. The second kappa shape index (κ2) is 4.03. The Morgan fingerprint density at radius 3 is 3.00 bits per heavy atom. The number of rotatable bonds is 2. The first-order chi connectivity index (χ1) is 7.24. The molecule has 0 saturated carbocycles. The van der Waals surface area contributed by atoms with Crippen LogP contribution in [0.5, 0.6) is 0 Å². The van der Waals surface area contributed by atoms with Gasteiger partial charge in [0.05, 0.1) is 30.8 Å². The van der Waals surface area contributed by atoms with Gasteiger partial charge in [-0.25, -0.2) is 0 Å². The van der Waals surface area contributed by atoms with Gasteiger partial charge in [0.15, 0.2) is 0 Å². The maximum absolute atomic E-state index is 8.73. The van der Waals surface area contributed by atoms with Crippen LogP contribution in [0.2, 0.25) is 0 Å². The SMILES string of the molecule is Cc1nn(C2CCOC2)c(C)c1CC#N. The Bertz CT molecular complexity index is 397. The quantitative estimate of drug-likeness (QED) is 0.735. The van der Waals surface area contributed by atoms with Crippen LogP contribution in [-0.2, 0) is 11.2 Å². The van der Waals surface area contributed by atoms with Gasteiger partial charge in [-0.3, -0.25) is 4.68 Å². The highest BCUT2D eigenvalue weighted by molar-refractivity contribution is 5.27. The van der Waals surface area contributed by atoms with E-state index in [1.54, 1.807) is 0 Å². The van der Waals surface area contributed by atoms with Crippen molar-refractivity contribution >= 4 is 0 Å². The molecule has 2 heterocycles. The van der Waals surface area contributed by atoms with Crippen LogP contribution in [0, 0.1) is 25.2 Å². The van der Waals surface area contributed by atoms with Crippen molar-refractivity contribution in [1.29, 1.82) is 5.26 Å². The Morgan fingerprint density at radius 1 is 1.60 bits per heavy atom. The standard InChI is InChI=1S/C11H15N3O/c1-8-11(3-5-12)9(2)14(13-8)10-4-6-15-7-10/h10H,3-4,6-7H2,1-2H3. The predicted molar refractivity (Wildman–Crippen MR) is 55.5 cm³/mol. The molecule has 0 N–H and O–H groups in total. The van der Waals surface area contributed by atoms with Crippen LogP contribution < -0.4 is 0 Å². The third-order valence-corrected chi connectivity index (χ3v) is 2.98. The van der Waals surface area contributed by atoms with E-state index in [-0.39, 0.29) is 0 Å². The average molecular weight is 205 g/mol. The van der Waals surface area contributed by atoms with Gasteiger partial charge in [0, 0.05) is 17.9 Å². The first-order valence-corrected chi connectivity index (χ1v) is 5.23. The second-order valence-electron chi connectivity index (χ2n) is 3.95. The highest BCUT2D eigenvalue weighted by Gasteiger charge is 2.22. The lowest BCUT2D eigenvalue weighted by molar-refractivity contribution is 0.184. The number of nitriles is 1. The van der Waals surface area contributed by atoms with Gasteiger partial charge in [-0.15, -0.1) is 0 Å². The van der Waals surface area contributed by atoms with Gasteiger partial charge in [0.25, 0.3) is 0 Å². The molecule has 0 radical (unpaired) electrons. The van der Waals surface area contributed by atoms with Crippen molar-refractivity contribution in [2.75, 3.05) is 13.2 Å². The fraction of sp³-hybridized carbons (Fsp3) is 0.636. The van der Waals surface area contributed by atoms with Crippen LogP contribution in [0.15, 0.2) is 0 Å². The molecule has 1 aromatic rings. The van der Waals surface area contributed by atoms with E-state index in [2.05, 4.69) is 11.2 Å². The van der Waals surface area contributed by atoms with E-state index in [9.17, 15) is 0 Å². The van der Waals surface area contributed by atoms with Crippen LogP contribution in [-0.4, -0.2) is 23.0 Å². The molecule has 1 fully saturated rings. The van der Waals surface area contributed by atoms with E-state index in [1.165, 1.54) is 0 Å². The third-order valence-electron chi connectivity index (χ3n) is 2.98. The highest BCUT2D eigenvalue weighted by Crippen LogP contribution is 2.23. The average Bonchev–Trinajstić information content (AvgIpc) is 2.81. The number of ether oxygens (including phenoxy) is 1. The summed E-state index contributed by atoms with van der Waals surface area (Å²) in [6, 6.07) is 2.54. The summed E-state index contributed by atoms with van der Waals surface area (Å²) in [6.07, 6.45) is 1.47.